The summed E-state index contributed by atoms with van der Waals surface area (Å²) in [5.41, 5.74) is 0. The molecule has 0 aliphatic rings. The molecule has 0 amide bonds. The molecule has 333 valence electrons. The smallest absolute Gasteiger partial charge is 0.549 e. The van der Waals surface area contributed by atoms with Crippen molar-refractivity contribution in [2.24, 2.45) is 0 Å². The molecule has 0 aromatic heterocycles. The average molecular weight is 1050 g/mol. The van der Waals surface area contributed by atoms with Gasteiger partial charge in [0.1, 0.15) is 0 Å². The number of carboxylic acids is 10. The van der Waals surface area contributed by atoms with Crippen molar-refractivity contribution >= 4 is 59.7 Å². The first-order valence-corrected chi connectivity index (χ1v) is 15.3. The molecule has 0 aromatic rings. The summed E-state index contributed by atoms with van der Waals surface area (Å²) in [6, 6.07) is 0. The first-order chi connectivity index (χ1) is 25.0. The first-order valence-electron chi connectivity index (χ1n) is 15.3. The van der Waals surface area contributed by atoms with Gasteiger partial charge in [0.15, 0.2) is 0 Å². The molecule has 31 heteroatoms. The number of carbonyl (C=O) groups is 10. The molecule has 0 saturated heterocycles. The molecule has 0 aromatic carbocycles. The van der Waals surface area contributed by atoms with Crippen LogP contribution in [0.25, 0.3) is 0 Å². The summed E-state index contributed by atoms with van der Waals surface area (Å²) in [4.78, 5) is 113. The van der Waals surface area contributed by atoms with Crippen LogP contribution in [-0.4, -0.2) is 207 Å². The van der Waals surface area contributed by atoms with Crippen LogP contribution in [0, 0.1) is 0 Å². The maximum absolute atomic E-state index is 10.8. The van der Waals surface area contributed by atoms with E-state index in [2.05, 4.69) is 0 Å². The van der Waals surface area contributed by atoms with Crippen LogP contribution >= 0.6 is 0 Å². The maximum atomic E-state index is 10.8. The van der Waals surface area contributed by atoms with E-state index >= 15 is 0 Å². The molecule has 0 spiro atoms. The van der Waals surface area contributed by atoms with E-state index in [0.717, 1.165) is 19.6 Å². The topological polar surface area (TPSA) is 421 Å². The minimum atomic E-state index is -1.54. The predicted octanol–water partition coefficient (Wildman–Crippen LogP) is -18.7. The van der Waals surface area contributed by atoms with Crippen LogP contribution in [0.2, 0.25) is 0 Å². The molecular weight excluding hydrogens is 1020 g/mol. The van der Waals surface area contributed by atoms with Gasteiger partial charge in [-0.2, -0.15) is 0 Å². The Morgan fingerprint density at radius 3 is 0.390 bits per heavy atom. The van der Waals surface area contributed by atoms with Crippen LogP contribution in [0.4, 0.5) is 0 Å². The summed E-state index contributed by atoms with van der Waals surface area (Å²) >= 11 is 0. The SMILES string of the molecule is O=C([O-])CN(CCN(CC(=O)[O-])CC(=O)[O-])CCN(CC(=O)[O-])CC(=O)[O-].O=C([O-])CN(CCN(CC(=O)[O-])CC(=O)[O-])CCN(CC(=O)[O-])CC(=O)[O-].[Mn+2].[Mn+2].[Mn+2].[Mn+2].[Mn+2]. The fourth-order valence-corrected chi connectivity index (χ4v) is 4.35. The van der Waals surface area contributed by atoms with Crippen LogP contribution in [-0.2, 0) is 133 Å². The third kappa shape index (κ3) is 47.6. The first kappa shape index (κ1) is 70.6. The van der Waals surface area contributed by atoms with Crippen molar-refractivity contribution in [2.45, 2.75) is 0 Å². The van der Waals surface area contributed by atoms with Crippen molar-refractivity contribution in [1.82, 2.24) is 29.4 Å². The van der Waals surface area contributed by atoms with Gasteiger partial charge in [0, 0.05) is 118 Å². The van der Waals surface area contributed by atoms with Crippen molar-refractivity contribution in [2.75, 3.05) is 118 Å². The molecule has 0 rings (SSSR count). The summed E-state index contributed by atoms with van der Waals surface area (Å²) in [6.45, 7) is -8.32. The fraction of sp³-hybridized carbons (Fsp3) is 0.643. The van der Waals surface area contributed by atoms with E-state index in [1.54, 1.807) is 0 Å². The minimum Gasteiger partial charge on any atom is -0.549 e. The Bertz CT molecular complexity index is 1080. The normalized spacial score (nSPS) is 10.1. The van der Waals surface area contributed by atoms with Crippen LogP contribution in [0.5, 0.6) is 0 Å². The number of aliphatic carboxylic acids is 10. The number of carbonyl (C=O) groups excluding carboxylic acids is 10. The Labute approximate surface area is 389 Å². The number of hydrogen-bond donors (Lipinski definition) is 0. The van der Waals surface area contributed by atoms with Crippen molar-refractivity contribution in [3.05, 3.63) is 0 Å². The number of rotatable bonds is 32. The van der Waals surface area contributed by atoms with Crippen LogP contribution in [0.3, 0.4) is 0 Å². The molecule has 0 fully saturated rings. The van der Waals surface area contributed by atoms with E-state index < -0.39 is 125 Å². The van der Waals surface area contributed by atoms with Gasteiger partial charge < -0.3 is 99.0 Å². The van der Waals surface area contributed by atoms with Gasteiger partial charge in [-0.3, -0.25) is 29.4 Å². The van der Waals surface area contributed by atoms with Crippen molar-refractivity contribution in [3.63, 3.8) is 0 Å². The van der Waals surface area contributed by atoms with Gasteiger partial charge in [-0.15, -0.1) is 0 Å². The van der Waals surface area contributed by atoms with Crippen molar-refractivity contribution < 1.29 is 184 Å². The van der Waals surface area contributed by atoms with Gasteiger partial charge in [0.2, 0.25) is 0 Å². The van der Waals surface area contributed by atoms with Gasteiger partial charge in [-0.25, -0.2) is 0 Å². The van der Waals surface area contributed by atoms with Gasteiger partial charge in [-0.05, 0) is 0 Å². The molecule has 0 unspecified atom stereocenters. The molecule has 26 nitrogen and oxygen atoms in total. The molecule has 0 saturated carbocycles. The van der Waals surface area contributed by atoms with Gasteiger partial charge in [0.25, 0.3) is 0 Å². The monoisotopic (exact) mass is 1050 g/mol. The summed E-state index contributed by atoms with van der Waals surface area (Å²) in [5, 5.41) is 107. The standard InChI is InChI=1S/2C14H23N3O10.5Mn/c2*18-10(19)5-15(1-3-16(6-11(20)21)7-12(22)23)2-4-17(8-13(24)25)9-14(26)27;;;;;/h2*1-9H2,(H,18,19)(H,20,21)(H,22,23)(H,24,25)(H,26,27);;;;;/q;;5*+2/p-10. The summed E-state index contributed by atoms with van der Waals surface area (Å²) in [6.07, 6.45) is 0. The van der Waals surface area contributed by atoms with Gasteiger partial charge >= 0.3 is 85.3 Å². The average Bonchev–Trinajstić information content (AvgIpc) is 2.97. The summed E-state index contributed by atoms with van der Waals surface area (Å²) in [5.74, 6) is -15.3. The zero-order valence-electron chi connectivity index (χ0n) is 30.5. The Morgan fingerprint density at radius 1 is 0.203 bits per heavy atom. The molecule has 0 bridgehead atoms. The molecule has 0 atom stereocenters. The van der Waals surface area contributed by atoms with Gasteiger partial charge in [-0.1, -0.05) is 0 Å². The second-order valence-corrected chi connectivity index (χ2v) is 11.1. The summed E-state index contributed by atoms with van der Waals surface area (Å²) < 4.78 is 0. The molecule has 0 aliphatic heterocycles. The molecule has 0 aliphatic carbocycles. The quantitative estimate of drug-likeness (QED) is 0.0565. The third-order valence-corrected chi connectivity index (χ3v) is 6.46. The van der Waals surface area contributed by atoms with Crippen LogP contribution < -0.4 is 51.1 Å². The molecule has 0 heterocycles. The largest absolute Gasteiger partial charge is 2.00 e. The Balaban J connectivity index is -0.000000169. The zero-order chi connectivity index (χ0) is 42.0. The van der Waals surface area contributed by atoms with Crippen LogP contribution in [0.1, 0.15) is 0 Å². The predicted molar refractivity (Wildman–Crippen MR) is 149 cm³/mol. The maximum Gasteiger partial charge on any atom is 2.00 e. The second kappa shape index (κ2) is 40.5. The molecule has 0 N–H and O–H groups in total. The van der Waals surface area contributed by atoms with E-state index in [1.807, 2.05) is 0 Å². The Morgan fingerprint density at radius 2 is 0.288 bits per heavy atom. The number of hydrogen-bond acceptors (Lipinski definition) is 26. The number of carboxylic acid groups (broad SMARTS) is 10. The molecular formula is C28H36Mn5N6O20. The summed E-state index contributed by atoms with van der Waals surface area (Å²) in [7, 11) is 0. The third-order valence-electron chi connectivity index (χ3n) is 6.46. The number of nitrogens with zero attached hydrogens (tertiary/aromatic N) is 6. The zero-order valence-corrected chi connectivity index (χ0v) is 36.4. The van der Waals surface area contributed by atoms with Gasteiger partial charge in [0.05, 0.1) is 59.7 Å². The van der Waals surface area contributed by atoms with Crippen molar-refractivity contribution in [1.29, 1.82) is 0 Å². The van der Waals surface area contributed by atoms with Crippen LogP contribution in [0.15, 0.2) is 0 Å². The van der Waals surface area contributed by atoms with E-state index in [0.29, 0.717) is 0 Å². The van der Waals surface area contributed by atoms with Crippen molar-refractivity contribution in [3.8, 4) is 0 Å². The van der Waals surface area contributed by atoms with E-state index in [9.17, 15) is 99.0 Å². The molecule has 5 radical (unpaired) electrons. The molecule has 59 heavy (non-hydrogen) atoms. The van der Waals surface area contributed by atoms with E-state index in [1.165, 1.54) is 9.80 Å². The fourth-order valence-electron chi connectivity index (χ4n) is 4.35. The minimum absolute atomic E-state index is 0. The van der Waals surface area contributed by atoms with E-state index in [4.69, 9.17) is 0 Å². The Hall–Kier alpha value is -2.94. The second-order valence-electron chi connectivity index (χ2n) is 11.1. The Kier molecular flexibility index (Phi) is 48.4. The van der Waals surface area contributed by atoms with E-state index in [-0.39, 0.29) is 138 Å².